The molecule has 0 saturated carbocycles. The Hall–Kier alpha value is -1.60. The van der Waals surface area contributed by atoms with Crippen LogP contribution in [-0.2, 0) is 26.0 Å². The van der Waals surface area contributed by atoms with Gasteiger partial charge in [0.15, 0.2) is 0 Å². The Morgan fingerprint density at radius 2 is 2.05 bits per heavy atom. The van der Waals surface area contributed by atoms with Crippen molar-refractivity contribution in [2.24, 2.45) is 0 Å². The minimum absolute atomic E-state index is 0.0558. The van der Waals surface area contributed by atoms with Gasteiger partial charge in [-0.3, -0.25) is 9.10 Å². The molecule has 1 aromatic rings. The first-order valence-electron chi connectivity index (χ1n) is 7.27. The zero-order chi connectivity index (χ0) is 16.2. The summed E-state index contributed by atoms with van der Waals surface area (Å²) >= 11 is 0. The molecule has 0 bridgehead atoms. The van der Waals surface area contributed by atoms with Gasteiger partial charge in [0.2, 0.25) is 15.9 Å². The van der Waals surface area contributed by atoms with Crippen LogP contribution in [0.2, 0.25) is 0 Å². The van der Waals surface area contributed by atoms with E-state index in [1.165, 1.54) is 11.4 Å². The van der Waals surface area contributed by atoms with Gasteiger partial charge >= 0.3 is 0 Å². The maximum absolute atomic E-state index is 11.9. The quantitative estimate of drug-likeness (QED) is 0.843. The molecule has 1 heterocycles. The molecule has 1 amide bonds. The van der Waals surface area contributed by atoms with Crippen molar-refractivity contribution in [2.45, 2.75) is 25.4 Å². The zero-order valence-corrected chi connectivity index (χ0v) is 13.7. The highest BCUT2D eigenvalue weighted by Crippen LogP contribution is 2.16. The lowest BCUT2D eigenvalue weighted by atomic mass is 10.1. The van der Waals surface area contributed by atoms with Gasteiger partial charge in [0, 0.05) is 20.2 Å². The summed E-state index contributed by atoms with van der Waals surface area (Å²) in [7, 11) is -1.77. The Morgan fingerprint density at radius 1 is 1.36 bits per heavy atom. The van der Waals surface area contributed by atoms with Gasteiger partial charge in [0.05, 0.1) is 24.5 Å². The van der Waals surface area contributed by atoms with Crippen LogP contribution < -0.4 is 9.62 Å². The van der Waals surface area contributed by atoms with E-state index in [1.54, 1.807) is 24.3 Å². The van der Waals surface area contributed by atoms with Crippen molar-refractivity contribution in [2.75, 3.05) is 30.8 Å². The van der Waals surface area contributed by atoms with Gasteiger partial charge in [0.1, 0.15) is 0 Å². The summed E-state index contributed by atoms with van der Waals surface area (Å²) < 4.78 is 29.6. The Labute approximate surface area is 131 Å². The molecule has 1 N–H and O–H groups in total. The SMILES string of the molecule is CN(c1ccc(CC(=O)NC[C@@H]2CCCO2)cc1)S(C)(=O)=O. The number of ether oxygens (including phenoxy) is 1. The molecular formula is C15H22N2O4S. The summed E-state index contributed by atoms with van der Waals surface area (Å²) in [6.07, 6.45) is 3.60. The number of nitrogens with zero attached hydrogens (tertiary/aromatic N) is 1. The molecule has 0 radical (unpaired) electrons. The lowest BCUT2D eigenvalue weighted by Crippen LogP contribution is -2.32. The van der Waals surface area contributed by atoms with E-state index in [2.05, 4.69) is 5.32 Å². The third-order valence-corrected chi connectivity index (χ3v) is 4.92. The van der Waals surface area contributed by atoms with Crippen LogP contribution >= 0.6 is 0 Å². The minimum Gasteiger partial charge on any atom is -0.376 e. The Morgan fingerprint density at radius 3 is 2.59 bits per heavy atom. The fraction of sp³-hybridized carbons (Fsp3) is 0.533. The van der Waals surface area contributed by atoms with E-state index in [4.69, 9.17) is 4.74 Å². The van der Waals surface area contributed by atoms with Crippen LogP contribution in [0, 0.1) is 0 Å². The second-order valence-electron chi connectivity index (χ2n) is 5.51. The highest BCUT2D eigenvalue weighted by Gasteiger charge is 2.16. The molecule has 0 spiro atoms. The summed E-state index contributed by atoms with van der Waals surface area (Å²) in [4.78, 5) is 11.9. The van der Waals surface area contributed by atoms with Crippen LogP contribution in [0.5, 0.6) is 0 Å². The van der Waals surface area contributed by atoms with E-state index < -0.39 is 10.0 Å². The fourth-order valence-corrected chi connectivity index (χ4v) is 2.80. The number of amides is 1. The number of hydrogen-bond donors (Lipinski definition) is 1. The van der Waals surface area contributed by atoms with Gasteiger partial charge < -0.3 is 10.1 Å². The van der Waals surface area contributed by atoms with Crippen molar-refractivity contribution in [3.05, 3.63) is 29.8 Å². The van der Waals surface area contributed by atoms with E-state index in [9.17, 15) is 13.2 Å². The van der Waals surface area contributed by atoms with Gasteiger partial charge in [0.25, 0.3) is 0 Å². The van der Waals surface area contributed by atoms with Crippen molar-refractivity contribution in [3.63, 3.8) is 0 Å². The van der Waals surface area contributed by atoms with E-state index >= 15 is 0 Å². The first-order valence-corrected chi connectivity index (χ1v) is 9.12. The molecule has 1 aliphatic heterocycles. The van der Waals surface area contributed by atoms with E-state index in [1.807, 2.05) is 0 Å². The second-order valence-corrected chi connectivity index (χ2v) is 7.53. The molecular weight excluding hydrogens is 304 g/mol. The average molecular weight is 326 g/mol. The first kappa shape index (κ1) is 16.8. The van der Waals surface area contributed by atoms with E-state index in [0.717, 1.165) is 31.3 Å². The molecule has 1 fully saturated rings. The van der Waals surface area contributed by atoms with Crippen LogP contribution in [0.25, 0.3) is 0 Å². The smallest absolute Gasteiger partial charge is 0.231 e. The summed E-state index contributed by atoms with van der Waals surface area (Å²) in [6.45, 7) is 1.32. The Kier molecular flexibility index (Phi) is 5.42. The molecule has 1 saturated heterocycles. The van der Waals surface area contributed by atoms with Gasteiger partial charge in [-0.2, -0.15) is 0 Å². The Balaban J connectivity index is 1.86. The van der Waals surface area contributed by atoms with Gasteiger partial charge in [-0.25, -0.2) is 8.42 Å². The lowest BCUT2D eigenvalue weighted by Gasteiger charge is -2.16. The third-order valence-electron chi connectivity index (χ3n) is 3.71. The van der Waals surface area contributed by atoms with Crippen LogP contribution in [0.3, 0.4) is 0 Å². The number of carbonyl (C=O) groups is 1. The monoisotopic (exact) mass is 326 g/mol. The molecule has 2 rings (SSSR count). The highest BCUT2D eigenvalue weighted by molar-refractivity contribution is 7.92. The normalized spacial score (nSPS) is 18.2. The minimum atomic E-state index is -3.27. The zero-order valence-electron chi connectivity index (χ0n) is 12.9. The molecule has 1 atom stereocenters. The number of nitrogens with one attached hydrogen (secondary N) is 1. The fourth-order valence-electron chi connectivity index (χ4n) is 2.30. The first-order chi connectivity index (χ1) is 10.4. The van der Waals surface area contributed by atoms with Crippen LogP contribution in [0.1, 0.15) is 18.4 Å². The van der Waals surface area contributed by atoms with Crippen LogP contribution in [0.15, 0.2) is 24.3 Å². The molecule has 0 unspecified atom stereocenters. The second kappa shape index (κ2) is 7.11. The predicted molar refractivity (Wildman–Crippen MR) is 85.4 cm³/mol. The molecule has 0 aliphatic carbocycles. The van der Waals surface area contributed by atoms with Crippen molar-refractivity contribution in [3.8, 4) is 0 Å². The van der Waals surface area contributed by atoms with Crippen LogP contribution in [-0.4, -0.2) is 46.9 Å². The number of hydrogen-bond acceptors (Lipinski definition) is 4. The molecule has 122 valence electrons. The van der Waals surface area contributed by atoms with Crippen molar-refractivity contribution >= 4 is 21.6 Å². The van der Waals surface area contributed by atoms with Crippen molar-refractivity contribution in [1.29, 1.82) is 0 Å². The molecule has 0 aromatic heterocycles. The molecule has 22 heavy (non-hydrogen) atoms. The number of sulfonamides is 1. The van der Waals surface area contributed by atoms with Crippen molar-refractivity contribution < 1.29 is 17.9 Å². The number of anilines is 1. The highest BCUT2D eigenvalue weighted by atomic mass is 32.2. The maximum atomic E-state index is 11.9. The van der Waals surface area contributed by atoms with E-state index in [0.29, 0.717) is 12.2 Å². The summed E-state index contributed by atoms with van der Waals surface area (Å²) in [6, 6.07) is 6.93. The summed E-state index contributed by atoms with van der Waals surface area (Å²) in [5, 5.41) is 2.86. The van der Waals surface area contributed by atoms with E-state index in [-0.39, 0.29) is 18.4 Å². The molecule has 1 aromatic carbocycles. The topological polar surface area (TPSA) is 75.7 Å². The summed E-state index contributed by atoms with van der Waals surface area (Å²) in [5.74, 6) is -0.0558. The molecule has 6 nitrogen and oxygen atoms in total. The predicted octanol–water partition coefficient (Wildman–Crippen LogP) is 0.920. The van der Waals surface area contributed by atoms with Gasteiger partial charge in [-0.1, -0.05) is 12.1 Å². The lowest BCUT2D eigenvalue weighted by molar-refractivity contribution is -0.120. The summed E-state index contributed by atoms with van der Waals surface area (Å²) in [5.41, 5.74) is 1.42. The third kappa shape index (κ3) is 4.71. The number of rotatable bonds is 6. The Bertz CT molecular complexity index is 607. The largest absolute Gasteiger partial charge is 0.376 e. The number of carbonyl (C=O) groups excluding carboxylic acids is 1. The van der Waals surface area contributed by atoms with Gasteiger partial charge in [-0.05, 0) is 30.5 Å². The molecule has 7 heteroatoms. The standard InChI is InChI=1S/C15H22N2O4S/c1-17(22(2,19)20)13-7-5-12(6-8-13)10-15(18)16-11-14-4-3-9-21-14/h5-8,14H,3-4,9-11H2,1-2H3,(H,16,18)/t14-/m0/s1. The average Bonchev–Trinajstić information content (AvgIpc) is 2.97. The number of benzene rings is 1. The van der Waals surface area contributed by atoms with Crippen LogP contribution in [0.4, 0.5) is 5.69 Å². The maximum Gasteiger partial charge on any atom is 0.231 e. The molecule has 1 aliphatic rings. The van der Waals surface area contributed by atoms with Gasteiger partial charge in [-0.15, -0.1) is 0 Å². The van der Waals surface area contributed by atoms with Crippen molar-refractivity contribution in [1.82, 2.24) is 5.32 Å².